The predicted molar refractivity (Wildman–Crippen MR) is 95.7 cm³/mol. The van der Waals surface area contributed by atoms with Gasteiger partial charge < -0.3 is 15.1 Å². The molecule has 2 N–H and O–H groups in total. The predicted octanol–water partition coefficient (Wildman–Crippen LogP) is 4.48. The van der Waals surface area contributed by atoms with Crippen molar-refractivity contribution in [1.29, 1.82) is 0 Å². The quantitative estimate of drug-likeness (QED) is 0.677. The molecule has 0 aliphatic rings. The number of rotatable bonds is 5. The van der Waals surface area contributed by atoms with Crippen LogP contribution in [0.5, 0.6) is 0 Å². The number of hydrogen-bond acceptors (Lipinski definition) is 3. The van der Waals surface area contributed by atoms with Gasteiger partial charge in [-0.15, -0.1) is 0 Å². The minimum atomic E-state index is -4.45. The van der Waals surface area contributed by atoms with E-state index in [1.54, 1.807) is 30.3 Å². The molecule has 0 radical (unpaired) electrons. The Hall–Kier alpha value is -3.55. The van der Waals surface area contributed by atoms with Gasteiger partial charge in [-0.2, -0.15) is 13.2 Å². The van der Waals surface area contributed by atoms with Gasteiger partial charge in [0.25, 0.3) is 11.8 Å². The largest absolute Gasteiger partial charge is 0.459 e. The Morgan fingerprint density at radius 2 is 1.68 bits per heavy atom. The van der Waals surface area contributed by atoms with Crippen molar-refractivity contribution >= 4 is 17.5 Å². The number of nitrogens with one attached hydrogen (secondary N) is 2. The normalized spacial score (nSPS) is 11.1. The number of anilines is 1. The fraction of sp³-hybridized carbons (Fsp3) is 0.100. The first-order valence-electron chi connectivity index (χ1n) is 8.22. The van der Waals surface area contributed by atoms with Gasteiger partial charge in [0.2, 0.25) is 0 Å². The zero-order chi connectivity index (χ0) is 20.1. The summed E-state index contributed by atoms with van der Waals surface area (Å²) in [5, 5.41) is 5.30. The number of carbonyl (C=O) groups excluding carboxylic acids is 2. The number of hydrogen-bond donors (Lipinski definition) is 2. The Balaban J connectivity index is 1.60. The Bertz CT molecular complexity index is 965. The first-order chi connectivity index (χ1) is 13.3. The number of amides is 2. The summed E-state index contributed by atoms with van der Waals surface area (Å²) in [6.45, 7) is 0.143. The maximum absolute atomic E-state index is 12.6. The highest BCUT2D eigenvalue weighted by Crippen LogP contribution is 2.29. The summed E-state index contributed by atoms with van der Waals surface area (Å²) in [4.78, 5) is 24.1. The molecular weight excluding hydrogens is 373 g/mol. The molecule has 2 amide bonds. The topological polar surface area (TPSA) is 71.3 Å². The molecule has 0 bridgehead atoms. The second-order valence-electron chi connectivity index (χ2n) is 5.89. The van der Waals surface area contributed by atoms with Crippen molar-refractivity contribution in [2.45, 2.75) is 12.7 Å². The summed E-state index contributed by atoms with van der Waals surface area (Å²) >= 11 is 0. The second-order valence-corrected chi connectivity index (χ2v) is 5.89. The maximum atomic E-state index is 12.6. The third-order valence-electron chi connectivity index (χ3n) is 3.86. The number of benzene rings is 2. The average molecular weight is 388 g/mol. The van der Waals surface area contributed by atoms with Gasteiger partial charge in [0.15, 0.2) is 5.76 Å². The summed E-state index contributed by atoms with van der Waals surface area (Å²) in [5.74, 6) is -0.740. The van der Waals surface area contributed by atoms with Crippen molar-refractivity contribution in [3.8, 4) is 0 Å². The lowest BCUT2D eigenvalue weighted by atomic mass is 10.1. The molecule has 0 unspecified atom stereocenters. The molecule has 1 heterocycles. The molecule has 0 aliphatic heterocycles. The van der Waals surface area contributed by atoms with Crippen LogP contribution >= 0.6 is 0 Å². The SMILES string of the molecule is O=C(NCc1cccc(NC(=O)c2ccco2)c1)c1ccc(C(F)(F)F)cc1. The van der Waals surface area contributed by atoms with Crippen molar-refractivity contribution in [2.24, 2.45) is 0 Å². The van der Waals surface area contributed by atoms with E-state index < -0.39 is 23.6 Å². The summed E-state index contributed by atoms with van der Waals surface area (Å²) in [6, 6.07) is 13.9. The molecule has 2 aromatic carbocycles. The molecule has 3 rings (SSSR count). The lowest BCUT2D eigenvalue weighted by molar-refractivity contribution is -0.137. The summed E-state index contributed by atoms with van der Waals surface area (Å²) in [5.41, 5.74) is 0.527. The highest BCUT2D eigenvalue weighted by molar-refractivity contribution is 6.02. The molecule has 28 heavy (non-hydrogen) atoms. The van der Waals surface area contributed by atoms with Crippen LogP contribution in [0.4, 0.5) is 18.9 Å². The van der Waals surface area contributed by atoms with E-state index >= 15 is 0 Å². The van der Waals surface area contributed by atoms with E-state index in [-0.39, 0.29) is 17.9 Å². The van der Waals surface area contributed by atoms with Crippen LogP contribution in [0, 0.1) is 0 Å². The van der Waals surface area contributed by atoms with Crippen LogP contribution in [-0.2, 0) is 12.7 Å². The molecule has 0 atom stereocenters. The zero-order valence-corrected chi connectivity index (χ0v) is 14.4. The van der Waals surface area contributed by atoms with Crippen molar-refractivity contribution in [3.63, 3.8) is 0 Å². The van der Waals surface area contributed by atoms with Gasteiger partial charge in [-0.25, -0.2) is 0 Å². The third kappa shape index (κ3) is 4.79. The van der Waals surface area contributed by atoms with E-state index in [2.05, 4.69) is 10.6 Å². The monoisotopic (exact) mass is 388 g/mol. The molecule has 0 spiro atoms. The fourth-order valence-corrected chi connectivity index (χ4v) is 2.45. The standard InChI is InChI=1S/C20H15F3N2O3/c21-20(22,23)15-8-6-14(7-9-15)18(26)24-12-13-3-1-4-16(11-13)25-19(27)17-5-2-10-28-17/h1-11H,12H2,(H,24,26)(H,25,27). The van der Waals surface area contributed by atoms with E-state index in [1.807, 2.05) is 0 Å². The minimum Gasteiger partial charge on any atom is -0.459 e. The Labute approximate surface area is 158 Å². The van der Waals surface area contributed by atoms with Crippen LogP contribution in [-0.4, -0.2) is 11.8 Å². The second kappa shape index (κ2) is 7.99. The number of furan rings is 1. The van der Waals surface area contributed by atoms with Gasteiger partial charge in [-0.05, 0) is 54.1 Å². The maximum Gasteiger partial charge on any atom is 0.416 e. The summed E-state index contributed by atoms with van der Waals surface area (Å²) in [6.07, 6.45) is -3.06. The van der Waals surface area contributed by atoms with E-state index in [0.717, 1.165) is 24.3 Å². The lowest BCUT2D eigenvalue weighted by Crippen LogP contribution is -2.23. The first kappa shape index (κ1) is 19.2. The molecule has 0 saturated carbocycles. The van der Waals surface area contributed by atoms with Gasteiger partial charge in [0.1, 0.15) is 0 Å². The van der Waals surface area contributed by atoms with Gasteiger partial charge in [-0.1, -0.05) is 12.1 Å². The van der Waals surface area contributed by atoms with Gasteiger partial charge in [0, 0.05) is 17.8 Å². The molecule has 5 nitrogen and oxygen atoms in total. The zero-order valence-electron chi connectivity index (χ0n) is 14.4. The number of halogens is 3. The van der Waals surface area contributed by atoms with Crippen LogP contribution in [0.3, 0.4) is 0 Å². The molecule has 0 aliphatic carbocycles. The highest BCUT2D eigenvalue weighted by atomic mass is 19.4. The van der Waals surface area contributed by atoms with Crippen molar-refractivity contribution < 1.29 is 27.2 Å². The van der Waals surface area contributed by atoms with Crippen LogP contribution in [0.2, 0.25) is 0 Å². The Morgan fingerprint density at radius 3 is 2.32 bits per heavy atom. The molecule has 8 heteroatoms. The molecule has 0 saturated heterocycles. The number of carbonyl (C=O) groups is 2. The summed E-state index contributed by atoms with van der Waals surface area (Å²) in [7, 11) is 0. The van der Waals surface area contributed by atoms with Crippen molar-refractivity contribution in [3.05, 3.63) is 89.4 Å². The molecule has 3 aromatic rings. The number of alkyl halides is 3. The van der Waals surface area contributed by atoms with E-state index in [0.29, 0.717) is 11.3 Å². The Kier molecular flexibility index (Phi) is 5.49. The van der Waals surface area contributed by atoms with Crippen LogP contribution in [0.1, 0.15) is 32.0 Å². The molecule has 0 fully saturated rings. The van der Waals surface area contributed by atoms with Crippen molar-refractivity contribution in [1.82, 2.24) is 5.32 Å². The smallest absolute Gasteiger partial charge is 0.416 e. The first-order valence-corrected chi connectivity index (χ1v) is 8.22. The van der Waals surface area contributed by atoms with Gasteiger partial charge >= 0.3 is 6.18 Å². The summed E-state index contributed by atoms with van der Waals surface area (Å²) < 4.78 is 42.7. The van der Waals surface area contributed by atoms with Gasteiger partial charge in [0.05, 0.1) is 11.8 Å². The average Bonchev–Trinajstić information content (AvgIpc) is 3.21. The van der Waals surface area contributed by atoms with Crippen molar-refractivity contribution in [2.75, 3.05) is 5.32 Å². The van der Waals surface area contributed by atoms with Crippen LogP contribution in [0.15, 0.2) is 71.3 Å². The third-order valence-corrected chi connectivity index (χ3v) is 3.86. The molecular formula is C20H15F3N2O3. The molecule has 1 aromatic heterocycles. The van der Waals surface area contributed by atoms with Crippen LogP contribution in [0.25, 0.3) is 0 Å². The Morgan fingerprint density at radius 1 is 0.929 bits per heavy atom. The minimum absolute atomic E-state index is 0.121. The molecule has 144 valence electrons. The lowest BCUT2D eigenvalue weighted by Gasteiger charge is -2.09. The van der Waals surface area contributed by atoms with Crippen LogP contribution < -0.4 is 10.6 Å². The van der Waals surface area contributed by atoms with E-state index in [9.17, 15) is 22.8 Å². The fourth-order valence-electron chi connectivity index (χ4n) is 2.45. The van der Waals surface area contributed by atoms with Gasteiger partial charge in [-0.3, -0.25) is 9.59 Å². The van der Waals surface area contributed by atoms with E-state index in [4.69, 9.17) is 4.42 Å². The van der Waals surface area contributed by atoms with E-state index in [1.165, 1.54) is 12.3 Å². The highest BCUT2D eigenvalue weighted by Gasteiger charge is 2.30.